The summed E-state index contributed by atoms with van der Waals surface area (Å²) in [4.78, 5) is 28.1. The molecule has 1 saturated carbocycles. The largest absolute Gasteiger partial charge is 0.488 e. The molecule has 0 bridgehead atoms. The number of benzene rings is 2. The third-order valence-electron chi connectivity index (χ3n) is 8.65. The average Bonchev–Trinajstić information content (AvgIpc) is 2.87. The number of fused-ring (bicyclic) bond motifs is 2. The molecule has 1 saturated heterocycles. The van der Waals surface area contributed by atoms with Crippen LogP contribution in [-0.2, 0) is 17.8 Å². The van der Waals surface area contributed by atoms with Crippen molar-refractivity contribution in [2.75, 3.05) is 13.1 Å². The highest BCUT2D eigenvalue weighted by atomic mass is 16.5. The Morgan fingerprint density at radius 2 is 1.92 bits per heavy atom. The first-order chi connectivity index (χ1) is 17.7. The van der Waals surface area contributed by atoms with E-state index in [1.54, 1.807) is 0 Å². The van der Waals surface area contributed by atoms with E-state index in [0.717, 1.165) is 47.8 Å². The van der Waals surface area contributed by atoms with E-state index in [2.05, 4.69) is 32.0 Å². The second-order valence-electron chi connectivity index (χ2n) is 11.1. The normalized spacial score (nSPS) is 21.6. The number of rotatable bonds is 5. The van der Waals surface area contributed by atoms with Gasteiger partial charge in [-0.3, -0.25) is 4.79 Å². The Hall–Kier alpha value is -3.12. The van der Waals surface area contributed by atoms with Crippen molar-refractivity contribution in [3.05, 3.63) is 74.1 Å². The smallest absolute Gasteiger partial charge is 0.340 e. The zero-order valence-corrected chi connectivity index (χ0v) is 22.4. The zero-order valence-electron chi connectivity index (χ0n) is 22.4. The van der Waals surface area contributed by atoms with Crippen LogP contribution in [0.4, 0.5) is 0 Å². The van der Waals surface area contributed by atoms with E-state index in [0.29, 0.717) is 43.0 Å². The minimum Gasteiger partial charge on any atom is -0.488 e. The third-order valence-corrected chi connectivity index (χ3v) is 8.65. The van der Waals surface area contributed by atoms with Crippen LogP contribution < -0.4 is 10.4 Å². The van der Waals surface area contributed by atoms with E-state index >= 15 is 0 Å². The van der Waals surface area contributed by atoms with Gasteiger partial charge in [-0.2, -0.15) is 0 Å². The van der Waals surface area contributed by atoms with Crippen LogP contribution >= 0.6 is 0 Å². The summed E-state index contributed by atoms with van der Waals surface area (Å²) in [5.74, 6) is 0.721. The SMILES string of the molecule is Cc1ccc(C)c(COc2ccc3c(C)c(CC(=O)N4CC[C@]5(O)CCCC[C@@H]5C4)c(=O)oc3c2C)c1. The van der Waals surface area contributed by atoms with E-state index in [1.165, 1.54) is 11.1 Å². The van der Waals surface area contributed by atoms with Gasteiger partial charge in [0.15, 0.2) is 0 Å². The Kier molecular flexibility index (Phi) is 6.88. The van der Waals surface area contributed by atoms with Crippen molar-refractivity contribution in [1.82, 2.24) is 4.90 Å². The molecule has 6 nitrogen and oxygen atoms in total. The third kappa shape index (κ3) is 4.91. The highest BCUT2D eigenvalue weighted by Gasteiger charge is 2.43. The Balaban J connectivity index is 1.35. The number of ether oxygens (including phenoxy) is 1. The lowest BCUT2D eigenvalue weighted by Gasteiger charge is -2.47. The highest BCUT2D eigenvalue weighted by Crippen LogP contribution is 2.40. The van der Waals surface area contributed by atoms with Crippen LogP contribution in [0, 0.1) is 33.6 Å². The van der Waals surface area contributed by atoms with Gasteiger partial charge < -0.3 is 19.2 Å². The van der Waals surface area contributed by atoms with Gasteiger partial charge in [-0.1, -0.05) is 36.6 Å². The number of hydrogen-bond donors (Lipinski definition) is 1. The zero-order chi connectivity index (χ0) is 26.3. The first-order valence-corrected chi connectivity index (χ1v) is 13.4. The van der Waals surface area contributed by atoms with Crippen LogP contribution in [0.2, 0.25) is 0 Å². The van der Waals surface area contributed by atoms with Crippen molar-refractivity contribution in [2.45, 2.75) is 78.4 Å². The van der Waals surface area contributed by atoms with E-state index in [-0.39, 0.29) is 18.2 Å². The van der Waals surface area contributed by atoms with Gasteiger partial charge in [0, 0.05) is 30.0 Å². The fourth-order valence-corrected chi connectivity index (χ4v) is 6.10. The van der Waals surface area contributed by atoms with Crippen molar-refractivity contribution in [3.63, 3.8) is 0 Å². The predicted octanol–water partition coefficient (Wildman–Crippen LogP) is 5.30. The van der Waals surface area contributed by atoms with Gasteiger partial charge in [0.05, 0.1) is 17.6 Å². The Labute approximate surface area is 218 Å². The number of piperidine rings is 1. The van der Waals surface area contributed by atoms with Crippen LogP contribution in [0.3, 0.4) is 0 Å². The molecule has 1 aliphatic carbocycles. The fraction of sp³-hybridized carbons (Fsp3) is 0.484. The molecule has 1 aliphatic heterocycles. The van der Waals surface area contributed by atoms with Crippen LogP contribution in [0.15, 0.2) is 39.5 Å². The minimum atomic E-state index is -0.637. The topological polar surface area (TPSA) is 80.0 Å². The van der Waals surface area contributed by atoms with Crippen LogP contribution in [0.25, 0.3) is 11.0 Å². The number of nitrogens with zero attached hydrogens (tertiary/aromatic N) is 1. The summed E-state index contributed by atoms with van der Waals surface area (Å²) >= 11 is 0. The number of likely N-dealkylation sites (tertiary alicyclic amines) is 1. The molecule has 1 amide bonds. The van der Waals surface area contributed by atoms with E-state index in [4.69, 9.17) is 9.15 Å². The van der Waals surface area contributed by atoms with Crippen LogP contribution in [-0.4, -0.2) is 34.6 Å². The minimum absolute atomic E-state index is 0.0131. The Bertz CT molecular complexity index is 1410. The van der Waals surface area contributed by atoms with Gasteiger partial charge in [-0.05, 0) is 75.8 Å². The molecule has 196 valence electrons. The van der Waals surface area contributed by atoms with E-state index < -0.39 is 11.2 Å². The van der Waals surface area contributed by atoms with Crippen molar-refractivity contribution >= 4 is 16.9 Å². The van der Waals surface area contributed by atoms with Gasteiger partial charge in [-0.25, -0.2) is 4.79 Å². The lowest BCUT2D eigenvalue weighted by atomic mass is 9.71. The summed E-state index contributed by atoms with van der Waals surface area (Å²) in [5.41, 5.74) is 4.82. The molecule has 0 unspecified atom stereocenters. The summed E-state index contributed by atoms with van der Waals surface area (Å²) in [6.45, 7) is 9.43. The summed E-state index contributed by atoms with van der Waals surface area (Å²) in [7, 11) is 0. The summed E-state index contributed by atoms with van der Waals surface area (Å²) < 4.78 is 11.9. The van der Waals surface area contributed by atoms with Gasteiger partial charge >= 0.3 is 5.63 Å². The van der Waals surface area contributed by atoms with Crippen LogP contribution in [0.5, 0.6) is 5.75 Å². The van der Waals surface area contributed by atoms with Gasteiger partial charge in [0.25, 0.3) is 0 Å². The first-order valence-electron chi connectivity index (χ1n) is 13.4. The van der Waals surface area contributed by atoms with Gasteiger partial charge in [0.1, 0.15) is 17.9 Å². The molecule has 5 rings (SSSR count). The molecule has 3 aromatic rings. The van der Waals surface area contributed by atoms with Gasteiger partial charge in [0.2, 0.25) is 5.91 Å². The average molecular weight is 504 g/mol. The quantitative estimate of drug-likeness (QED) is 0.478. The number of hydrogen-bond acceptors (Lipinski definition) is 5. The number of carbonyl (C=O) groups is 1. The Morgan fingerprint density at radius 1 is 1.11 bits per heavy atom. The molecular formula is C31H37NO5. The maximum atomic E-state index is 13.2. The van der Waals surface area contributed by atoms with Crippen molar-refractivity contribution in [2.24, 2.45) is 5.92 Å². The Morgan fingerprint density at radius 3 is 2.73 bits per heavy atom. The second kappa shape index (κ2) is 9.97. The number of carbonyl (C=O) groups excluding carboxylic acids is 1. The molecule has 2 atom stereocenters. The predicted molar refractivity (Wildman–Crippen MR) is 144 cm³/mol. The summed E-state index contributed by atoms with van der Waals surface area (Å²) in [6.07, 6.45) is 4.54. The highest BCUT2D eigenvalue weighted by molar-refractivity contribution is 5.87. The van der Waals surface area contributed by atoms with Crippen LogP contribution in [0.1, 0.15) is 65.5 Å². The standard InChI is InChI=1S/C31H37NO5/c1-19-8-9-20(2)23(15-19)18-36-27-11-10-25-21(3)26(30(34)37-29(25)22(27)4)16-28(33)32-14-13-31(35)12-6-5-7-24(31)17-32/h8-11,15,24,35H,5-7,12-14,16-18H2,1-4H3/t24-,31-/m1/s1. The molecule has 2 aromatic carbocycles. The van der Waals surface area contributed by atoms with E-state index in [9.17, 15) is 14.7 Å². The first kappa shape index (κ1) is 25.5. The monoisotopic (exact) mass is 503 g/mol. The lowest BCUT2D eigenvalue weighted by Crippen LogP contribution is -2.55. The van der Waals surface area contributed by atoms with Crippen molar-refractivity contribution in [1.29, 1.82) is 0 Å². The molecule has 1 N–H and O–H groups in total. The van der Waals surface area contributed by atoms with E-state index in [1.807, 2.05) is 30.9 Å². The van der Waals surface area contributed by atoms with Crippen molar-refractivity contribution in [3.8, 4) is 5.75 Å². The maximum Gasteiger partial charge on any atom is 0.340 e. The molecular weight excluding hydrogens is 466 g/mol. The summed E-state index contributed by atoms with van der Waals surface area (Å²) in [5, 5.41) is 11.8. The molecule has 6 heteroatoms. The molecule has 2 heterocycles. The molecule has 2 fully saturated rings. The molecule has 2 aliphatic rings. The number of aryl methyl sites for hydroxylation is 4. The van der Waals surface area contributed by atoms with Crippen molar-refractivity contribution < 1.29 is 19.1 Å². The number of amides is 1. The lowest BCUT2D eigenvalue weighted by molar-refractivity contribution is -0.142. The maximum absolute atomic E-state index is 13.2. The molecule has 0 radical (unpaired) electrons. The molecule has 1 aromatic heterocycles. The number of aliphatic hydroxyl groups is 1. The molecule has 0 spiro atoms. The van der Waals surface area contributed by atoms with Gasteiger partial charge in [-0.15, -0.1) is 0 Å². The fourth-order valence-electron chi connectivity index (χ4n) is 6.10. The molecule has 37 heavy (non-hydrogen) atoms. The second-order valence-corrected chi connectivity index (χ2v) is 11.1. The summed E-state index contributed by atoms with van der Waals surface area (Å²) in [6, 6.07) is 10.1.